The number of aromatic nitrogens is 2. The average Bonchev–Trinajstić information content (AvgIpc) is 2.85. The Balaban J connectivity index is 1.33. The Bertz CT molecular complexity index is 1140. The van der Waals surface area contributed by atoms with Crippen molar-refractivity contribution in [3.63, 3.8) is 0 Å². The van der Waals surface area contributed by atoms with Gasteiger partial charge in [0.15, 0.2) is 0 Å². The monoisotopic (exact) mass is 460 g/mol. The molecule has 0 aliphatic carbocycles. The quantitative estimate of drug-likeness (QED) is 0.556. The van der Waals surface area contributed by atoms with Gasteiger partial charge in [0.1, 0.15) is 5.75 Å². The SMILES string of the molecule is CC(C)Oc1ccc(CNC(=O)[C@@H]2CCCN(c3cnn(Cc4ccccc4)c(=O)c3)C2)cc1. The Morgan fingerprint density at radius 1 is 1.12 bits per heavy atom. The van der Waals surface area contributed by atoms with E-state index in [-0.39, 0.29) is 23.5 Å². The van der Waals surface area contributed by atoms with E-state index in [1.54, 1.807) is 12.3 Å². The number of carbonyl (C=O) groups is 1. The summed E-state index contributed by atoms with van der Waals surface area (Å²) in [6.07, 6.45) is 3.59. The lowest BCUT2D eigenvalue weighted by atomic mass is 9.96. The molecule has 0 saturated carbocycles. The van der Waals surface area contributed by atoms with Gasteiger partial charge in [-0.3, -0.25) is 9.59 Å². The van der Waals surface area contributed by atoms with Crippen molar-refractivity contribution < 1.29 is 9.53 Å². The second kappa shape index (κ2) is 11.0. The predicted octanol–water partition coefficient (Wildman–Crippen LogP) is 3.61. The third-order valence-corrected chi connectivity index (χ3v) is 5.95. The van der Waals surface area contributed by atoms with E-state index in [1.807, 2.05) is 68.4 Å². The van der Waals surface area contributed by atoms with Crippen molar-refractivity contribution >= 4 is 11.6 Å². The van der Waals surface area contributed by atoms with Crippen molar-refractivity contribution in [2.75, 3.05) is 18.0 Å². The highest BCUT2D eigenvalue weighted by atomic mass is 16.5. The van der Waals surface area contributed by atoms with Crippen LogP contribution in [0.15, 0.2) is 71.7 Å². The number of benzene rings is 2. The summed E-state index contributed by atoms with van der Waals surface area (Å²) in [6, 6.07) is 19.2. The van der Waals surface area contributed by atoms with Gasteiger partial charge in [-0.1, -0.05) is 42.5 Å². The van der Waals surface area contributed by atoms with Crippen LogP contribution in [-0.4, -0.2) is 34.9 Å². The van der Waals surface area contributed by atoms with E-state index in [1.165, 1.54) is 4.68 Å². The van der Waals surface area contributed by atoms with Crippen LogP contribution in [0, 0.1) is 5.92 Å². The topological polar surface area (TPSA) is 76.5 Å². The Morgan fingerprint density at radius 2 is 1.88 bits per heavy atom. The molecule has 2 heterocycles. The number of nitrogens with one attached hydrogen (secondary N) is 1. The van der Waals surface area contributed by atoms with Crippen LogP contribution in [0.1, 0.15) is 37.8 Å². The van der Waals surface area contributed by atoms with E-state index in [9.17, 15) is 9.59 Å². The van der Waals surface area contributed by atoms with Crippen LogP contribution in [0.3, 0.4) is 0 Å². The number of piperidine rings is 1. The number of ether oxygens (including phenoxy) is 1. The molecular weight excluding hydrogens is 428 g/mol. The molecule has 1 amide bonds. The van der Waals surface area contributed by atoms with Crippen LogP contribution in [0.5, 0.6) is 5.75 Å². The van der Waals surface area contributed by atoms with Gasteiger partial charge in [-0.05, 0) is 49.9 Å². The molecule has 0 spiro atoms. The van der Waals surface area contributed by atoms with E-state index < -0.39 is 0 Å². The molecule has 1 saturated heterocycles. The Labute approximate surface area is 200 Å². The number of hydrogen-bond donors (Lipinski definition) is 1. The van der Waals surface area contributed by atoms with Crippen molar-refractivity contribution in [2.45, 2.75) is 45.9 Å². The van der Waals surface area contributed by atoms with E-state index in [0.29, 0.717) is 19.6 Å². The first kappa shape index (κ1) is 23.5. The highest BCUT2D eigenvalue weighted by Gasteiger charge is 2.26. The number of hydrogen-bond acceptors (Lipinski definition) is 5. The van der Waals surface area contributed by atoms with Crippen molar-refractivity contribution in [3.05, 3.63) is 88.3 Å². The lowest BCUT2D eigenvalue weighted by Gasteiger charge is -2.33. The summed E-state index contributed by atoms with van der Waals surface area (Å²) >= 11 is 0. The number of amides is 1. The summed E-state index contributed by atoms with van der Waals surface area (Å²) in [5.41, 5.74) is 2.69. The molecule has 1 atom stereocenters. The molecule has 0 radical (unpaired) electrons. The largest absolute Gasteiger partial charge is 0.491 e. The maximum Gasteiger partial charge on any atom is 0.269 e. The minimum atomic E-state index is -0.141. The standard InChI is InChI=1S/C27H32N4O3/c1-20(2)34-25-12-10-21(11-13-25)16-28-27(33)23-9-6-14-30(19-23)24-15-26(32)31(29-17-24)18-22-7-4-3-5-8-22/h3-5,7-8,10-13,15,17,20,23H,6,9,14,16,18-19H2,1-2H3,(H,28,33)/t23-/m1/s1. The summed E-state index contributed by atoms with van der Waals surface area (Å²) in [7, 11) is 0. The van der Waals surface area contributed by atoms with Crippen LogP contribution in [0.25, 0.3) is 0 Å². The maximum atomic E-state index is 12.8. The molecule has 1 aromatic heterocycles. The van der Waals surface area contributed by atoms with Gasteiger partial charge in [0.05, 0.1) is 30.5 Å². The van der Waals surface area contributed by atoms with Gasteiger partial charge < -0.3 is 15.0 Å². The number of carbonyl (C=O) groups excluding carboxylic acids is 1. The van der Waals surface area contributed by atoms with E-state index >= 15 is 0 Å². The Hall–Kier alpha value is -3.61. The molecule has 1 aliphatic rings. The predicted molar refractivity (Wildman–Crippen MR) is 133 cm³/mol. The highest BCUT2D eigenvalue weighted by Crippen LogP contribution is 2.22. The van der Waals surface area contributed by atoms with Crippen molar-refractivity contribution in [1.29, 1.82) is 0 Å². The molecule has 1 fully saturated rings. The second-order valence-corrected chi connectivity index (χ2v) is 9.01. The van der Waals surface area contributed by atoms with Crippen molar-refractivity contribution in [1.82, 2.24) is 15.1 Å². The average molecular weight is 461 g/mol. The van der Waals surface area contributed by atoms with Crippen LogP contribution < -0.4 is 20.5 Å². The molecule has 178 valence electrons. The Morgan fingerprint density at radius 3 is 2.59 bits per heavy atom. The third kappa shape index (κ3) is 6.25. The number of rotatable bonds is 8. The molecule has 34 heavy (non-hydrogen) atoms. The summed E-state index contributed by atoms with van der Waals surface area (Å²) < 4.78 is 7.13. The fourth-order valence-corrected chi connectivity index (χ4v) is 4.19. The fraction of sp³-hybridized carbons (Fsp3) is 0.370. The first-order chi connectivity index (χ1) is 16.5. The lowest BCUT2D eigenvalue weighted by molar-refractivity contribution is -0.125. The Kier molecular flexibility index (Phi) is 7.62. The number of nitrogens with zero attached hydrogens (tertiary/aromatic N) is 3. The first-order valence-electron chi connectivity index (χ1n) is 11.9. The summed E-state index contributed by atoms with van der Waals surface area (Å²) in [6.45, 7) is 6.30. The minimum Gasteiger partial charge on any atom is -0.491 e. The first-order valence-corrected chi connectivity index (χ1v) is 11.9. The van der Waals surface area contributed by atoms with E-state index in [4.69, 9.17) is 4.74 Å². The molecule has 1 aliphatic heterocycles. The van der Waals surface area contributed by atoms with Crippen LogP contribution in [0.4, 0.5) is 5.69 Å². The normalized spacial score (nSPS) is 15.9. The third-order valence-electron chi connectivity index (χ3n) is 5.95. The van der Waals surface area contributed by atoms with Gasteiger partial charge in [0.25, 0.3) is 5.56 Å². The van der Waals surface area contributed by atoms with Gasteiger partial charge in [-0.2, -0.15) is 5.10 Å². The van der Waals surface area contributed by atoms with Crippen LogP contribution >= 0.6 is 0 Å². The van der Waals surface area contributed by atoms with Gasteiger partial charge in [-0.15, -0.1) is 0 Å². The van der Waals surface area contributed by atoms with Crippen molar-refractivity contribution in [2.24, 2.45) is 5.92 Å². The van der Waals surface area contributed by atoms with Crippen LogP contribution in [0.2, 0.25) is 0 Å². The molecule has 2 aromatic carbocycles. The van der Waals surface area contributed by atoms with Gasteiger partial charge in [0.2, 0.25) is 5.91 Å². The fourth-order valence-electron chi connectivity index (χ4n) is 4.19. The van der Waals surface area contributed by atoms with Gasteiger partial charge >= 0.3 is 0 Å². The van der Waals surface area contributed by atoms with Crippen molar-refractivity contribution in [3.8, 4) is 5.75 Å². The number of anilines is 1. The zero-order valence-corrected chi connectivity index (χ0v) is 19.8. The molecule has 4 rings (SSSR count). The highest BCUT2D eigenvalue weighted by molar-refractivity contribution is 5.79. The summed E-state index contributed by atoms with van der Waals surface area (Å²) in [5.74, 6) is 0.744. The lowest BCUT2D eigenvalue weighted by Crippen LogP contribution is -2.43. The molecule has 1 N–H and O–H groups in total. The van der Waals surface area contributed by atoms with Gasteiger partial charge in [-0.25, -0.2) is 4.68 Å². The maximum absolute atomic E-state index is 12.8. The summed E-state index contributed by atoms with van der Waals surface area (Å²) in [5, 5.41) is 7.43. The molecular formula is C27H32N4O3. The van der Waals surface area contributed by atoms with E-state index in [2.05, 4.69) is 15.3 Å². The van der Waals surface area contributed by atoms with Crippen LogP contribution in [-0.2, 0) is 17.9 Å². The van der Waals surface area contributed by atoms with E-state index in [0.717, 1.165) is 42.0 Å². The molecule has 0 unspecified atom stereocenters. The smallest absolute Gasteiger partial charge is 0.269 e. The second-order valence-electron chi connectivity index (χ2n) is 9.01. The minimum absolute atomic E-state index is 0.0394. The molecule has 7 heteroatoms. The molecule has 7 nitrogen and oxygen atoms in total. The molecule has 3 aromatic rings. The van der Waals surface area contributed by atoms with Gasteiger partial charge in [0, 0.05) is 25.7 Å². The zero-order valence-electron chi connectivity index (χ0n) is 19.8. The molecule has 0 bridgehead atoms. The zero-order chi connectivity index (χ0) is 23.9. The summed E-state index contributed by atoms with van der Waals surface area (Å²) in [4.78, 5) is 27.6.